The lowest BCUT2D eigenvalue weighted by Gasteiger charge is -2.22. The van der Waals surface area contributed by atoms with Gasteiger partial charge in [0.2, 0.25) is 5.91 Å². The topological polar surface area (TPSA) is 78.5 Å². The molecule has 29 heavy (non-hydrogen) atoms. The third-order valence-electron chi connectivity index (χ3n) is 5.30. The molecule has 2 aromatic rings. The van der Waals surface area contributed by atoms with Crippen molar-refractivity contribution >= 4 is 23.5 Å². The first-order chi connectivity index (χ1) is 13.7. The molecule has 2 N–H and O–H groups in total. The van der Waals surface area contributed by atoms with Crippen LogP contribution in [0.15, 0.2) is 42.5 Å². The maximum Gasteiger partial charge on any atom is 0.325 e. The molecule has 1 aliphatic heterocycles. The Morgan fingerprint density at radius 2 is 1.79 bits per heavy atom. The number of nitrogens with zero attached hydrogens (tertiary/aromatic N) is 1. The van der Waals surface area contributed by atoms with Gasteiger partial charge in [0.15, 0.2) is 0 Å². The number of carbonyl (C=O) groups is 3. The highest BCUT2D eigenvalue weighted by atomic mass is 16.2. The third-order valence-corrected chi connectivity index (χ3v) is 5.30. The van der Waals surface area contributed by atoms with Crippen LogP contribution < -0.4 is 10.6 Å². The molecule has 6 heteroatoms. The summed E-state index contributed by atoms with van der Waals surface area (Å²) in [4.78, 5) is 38.9. The maximum absolute atomic E-state index is 13.0. The molecule has 152 valence electrons. The maximum atomic E-state index is 13.0. The Bertz CT molecular complexity index is 952. The standard InChI is InChI=1S/C23H27N3O3/c1-5-6-17-8-10-18(11-9-17)23(4)21(28)26(22(29)25-23)14-20(27)24-19-12-7-15(2)13-16(19)3/h7-13H,5-6,14H2,1-4H3,(H,24,27)(H,25,29). The molecule has 1 aliphatic rings. The zero-order valence-corrected chi connectivity index (χ0v) is 17.3. The number of rotatable bonds is 6. The van der Waals surface area contributed by atoms with Crippen molar-refractivity contribution in [3.8, 4) is 0 Å². The molecule has 2 aromatic carbocycles. The van der Waals surface area contributed by atoms with Gasteiger partial charge >= 0.3 is 6.03 Å². The smallest absolute Gasteiger partial charge is 0.324 e. The quantitative estimate of drug-likeness (QED) is 0.735. The summed E-state index contributed by atoms with van der Waals surface area (Å²) < 4.78 is 0. The van der Waals surface area contributed by atoms with E-state index in [1.165, 1.54) is 5.56 Å². The van der Waals surface area contributed by atoms with Crippen LogP contribution in [0, 0.1) is 13.8 Å². The minimum atomic E-state index is -1.18. The van der Waals surface area contributed by atoms with Gasteiger partial charge in [-0.2, -0.15) is 0 Å². The van der Waals surface area contributed by atoms with E-state index in [0.29, 0.717) is 11.3 Å². The Kier molecular flexibility index (Phi) is 5.73. The number of imide groups is 1. The van der Waals surface area contributed by atoms with Gasteiger partial charge in [-0.05, 0) is 49.9 Å². The average Bonchev–Trinajstić information content (AvgIpc) is 2.89. The van der Waals surface area contributed by atoms with Crippen LogP contribution >= 0.6 is 0 Å². The van der Waals surface area contributed by atoms with Crippen LogP contribution in [0.2, 0.25) is 0 Å². The van der Waals surface area contributed by atoms with Gasteiger partial charge in [0, 0.05) is 5.69 Å². The van der Waals surface area contributed by atoms with Gasteiger partial charge in [-0.1, -0.05) is 55.3 Å². The molecule has 0 radical (unpaired) electrons. The zero-order valence-electron chi connectivity index (χ0n) is 17.3. The van der Waals surface area contributed by atoms with E-state index in [4.69, 9.17) is 0 Å². The molecule has 0 spiro atoms. The van der Waals surface area contributed by atoms with E-state index in [0.717, 1.165) is 28.9 Å². The molecule has 1 saturated heterocycles. The number of nitrogens with one attached hydrogen (secondary N) is 2. The Morgan fingerprint density at radius 1 is 1.10 bits per heavy atom. The fraction of sp³-hybridized carbons (Fsp3) is 0.348. The van der Waals surface area contributed by atoms with Gasteiger partial charge in [-0.25, -0.2) is 4.79 Å². The number of anilines is 1. The van der Waals surface area contributed by atoms with Crippen molar-refractivity contribution in [1.82, 2.24) is 10.2 Å². The first-order valence-corrected chi connectivity index (χ1v) is 9.85. The number of carbonyl (C=O) groups excluding carboxylic acids is 3. The molecule has 4 amide bonds. The lowest BCUT2D eigenvalue weighted by Crippen LogP contribution is -2.42. The second kappa shape index (κ2) is 8.07. The molecule has 3 rings (SSSR count). The summed E-state index contributed by atoms with van der Waals surface area (Å²) >= 11 is 0. The van der Waals surface area contributed by atoms with Crippen molar-refractivity contribution < 1.29 is 14.4 Å². The first-order valence-electron chi connectivity index (χ1n) is 9.85. The van der Waals surface area contributed by atoms with E-state index < -0.39 is 23.4 Å². The summed E-state index contributed by atoms with van der Waals surface area (Å²) in [6, 6.07) is 12.8. The van der Waals surface area contributed by atoms with E-state index in [9.17, 15) is 14.4 Å². The molecule has 0 aromatic heterocycles. The number of hydrogen-bond acceptors (Lipinski definition) is 3. The van der Waals surface area contributed by atoms with Crippen molar-refractivity contribution in [3.05, 3.63) is 64.7 Å². The van der Waals surface area contributed by atoms with E-state index in [1.54, 1.807) is 6.92 Å². The molecule has 0 saturated carbocycles. The Balaban J connectivity index is 1.73. The Labute approximate surface area is 171 Å². The van der Waals surface area contributed by atoms with E-state index in [2.05, 4.69) is 17.6 Å². The summed E-state index contributed by atoms with van der Waals surface area (Å²) in [5.41, 5.74) is 3.39. The molecule has 1 atom stereocenters. The van der Waals surface area contributed by atoms with Gasteiger partial charge in [0.05, 0.1) is 0 Å². The number of benzene rings is 2. The summed E-state index contributed by atoms with van der Waals surface area (Å²) in [7, 11) is 0. The van der Waals surface area contributed by atoms with Gasteiger partial charge in [0.1, 0.15) is 12.1 Å². The average molecular weight is 393 g/mol. The minimum Gasteiger partial charge on any atom is -0.324 e. The van der Waals surface area contributed by atoms with Gasteiger partial charge in [-0.15, -0.1) is 0 Å². The van der Waals surface area contributed by atoms with Crippen LogP contribution in [0.3, 0.4) is 0 Å². The van der Waals surface area contributed by atoms with Crippen molar-refractivity contribution in [2.45, 2.75) is 46.1 Å². The second-order valence-electron chi connectivity index (χ2n) is 7.76. The van der Waals surface area contributed by atoms with E-state index in [-0.39, 0.29) is 6.54 Å². The molecule has 1 fully saturated rings. The number of hydrogen-bond donors (Lipinski definition) is 2. The highest BCUT2D eigenvalue weighted by Gasteiger charge is 2.49. The summed E-state index contributed by atoms with van der Waals surface area (Å²) in [5.74, 6) is -0.843. The molecule has 1 heterocycles. The van der Waals surface area contributed by atoms with E-state index in [1.807, 2.05) is 56.3 Å². The molecule has 1 unspecified atom stereocenters. The molecule has 6 nitrogen and oxygen atoms in total. The highest BCUT2D eigenvalue weighted by molar-refractivity contribution is 6.10. The summed E-state index contributed by atoms with van der Waals surface area (Å²) in [6.45, 7) is 7.32. The van der Waals surface area contributed by atoms with Crippen molar-refractivity contribution in [1.29, 1.82) is 0 Å². The van der Waals surface area contributed by atoms with Crippen LogP contribution in [-0.2, 0) is 21.5 Å². The van der Waals surface area contributed by atoms with Gasteiger partial charge < -0.3 is 10.6 Å². The van der Waals surface area contributed by atoms with Crippen LogP contribution in [0.1, 0.15) is 42.5 Å². The second-order valence-corrected chi connectivity index (χ2v) is 7.76. The summed E-state index contributed by atoms with van der Waals surface area (Å²) in [6.07, 6.45) is 2.00. The largest absolute Gasteiger partial charge is 0.325 e. The van der Waals surface area contributed by atoms with Crippen molar-refractivity contribution in [2.24, 2.45) is 0 Å². The van der Waals surface area contributed by atoms with Crippen LogP contribution in [0.5, 0.6) is 0 Å². The molecule has 0 bridgehead atoms. The van der Waals surface area contributed by atoms with Gasteiger partial charge in [-0.3, -0.25) is 14.5 Å². The molecular formula is C23H27N3O3. The zero-order chi connectivity index (χ0) is 21.2. The molecule has 0 aliphatic carbocycles. The molecular weight excluding hydrogens is 366 g/mol. The predicted octanol–water partition coefficient (Wildman–Crippen LogP) is 3.66. The number of urea groups is 1. The lowest BCUT2D eigenvalue weighted by molar-refractivity contribution is -0.133. The Morgan fingerprint density at radius 3 is 2.41 bits per heavy atom. The SMILES string of the molecule is CCCc1ccc(C2(C)NC(=O)N(CC(=O)Nc3ccc(C)cc3C)C2=O)cc1. The number of aryl methyl sites for hydroxylation is 3. The van der Waals surface area contributed by atoms with Crippen LogP contribution in [0.25, 0.3) is 0 Å². The van der Waals surface area contributed by atoms with Gasteiger partial charge in [0.25, 0.3) is 5.91 Å². The first kappa shape index (κ1) is 20.6. The van der Waals surface area contributed by atoms with Crippen molar-refractivity contribution in [3.63, 3.8) is 0 Å². The van der Waals surface area contributed by atoms with E-state index >= 15 is 0 Å². The van der Waals surface area contributed by atoms with Crippen LogP contribution in [0.4, 0.5) is 10.5 Å². The fourth-order valence-electron chi connectivity index (χ4n) is 3.62. The summed E-state index contributed by atoms with van der Waals surface area (Å²) in [5, 5.41) is 5.52. The monoisotopic (exact) mass is 393 g/mol. The minimum absolute atomic E-state index is 0.332. The normalized spacial score (nSPS) is 18.7. The lowest BCUT2D eigenvalue weighted by atomic mass is 9.91. The number of amides is 4. The predicted molar refractivity (Wildman–Crippen MR) is 113 cm³/mol. The Hall–Kier alpha value is -3.15. The fourth-order valence-corrected chi connectivity index (χ4v) is 3.62. The van der Waals surface area contributed by atoms with Crippen LogP contribution in [-0.4, -0.2) is 29.3 Å². The third kappa shape index (κ3) is 4.16. The van der Waals surface area contributed by atoms with Crippen molar-refractivity contribution in [2.75, 3.05) is 11.9 Å². The highest BCUT2D eigenvalue weighted by Crippen LogP contribution is 2.29.